The fraction of sp³-hybridized carbons (Fsp3) is 0.417. The Kier molecular flexibility index (Phi) is 7.68. The van der Waals surface area contributed by atoms with Gasteiger partial charge in [-0.1, -0.05) is 43.3 Å². The minimum atomic E-state index is -0.0689. The fourth-order valence-corrected chi connectivity index (χ4v) is 3.03. The highest BCUT2D eigenvalue weighted by molar-refractivity contribution is 5.78. The first-order valence-corrected chi connectivity index (χ1v) is 10.5. The molecule has 0 unspecified atom stereocenters. The van der Waals surface area contributed by atoms with Crippen LogP contribution in [0, 0.1) is 0 Å². The molecular formula is C24H30N2O3. The van der Waals surface area contributed by atoms with Crippen molar-refractivity contribution in [2.24, 2.45) is 0 Å². The fourth-order valence-electron chi connectivity index (χ4n) is 3.03. The highest BCUT2D eigenvalue weighted by atomic mass is 16.5. The van der Waals surface area contributed by atoms with Crippen molar-refractivity contribution in [1.82, 2.24) is 10.6 Å². The highest BCUT2D eigenvalue weighted by Crippen LogP contribution is 2.18. The van der Waals surface area contributed by atoms with Gasteiger partial charge < -0.3 is 15.4 Å². The average Bonchev–Trinajstić information content (AvgIpc) is 3.56. The number of carbonyl (C=O) groups is 2. The first-order valence-electron chi connectivity index (χ1n) is 10.5. The second-order valence-corrected chi connectivity index (χ2v) is 7.54. The topological polar surface area (TPSA) is 67.4 Å². The van der Waals surface area contributed by atoms with Gasteiger partial charge in [0.25, 0.3) is 5.91 Å². The molecule has 0 bridgehead atoms. The van der Waals surface area contributed by atoms with Crippen LogP contribution in [0.2, 0.25) is 0 Å². The summed E-state index contributed by atoms with van der Waals surface area (Å²) in [7, 11) is 0. The van der Waals surface area contributed by atoms with Crippen LogP contribution in [0.15, 0.2) is 48.5 Å². The van der Waals surface area contributed by atoms with E-state index in [2.05, 4.69) is 41.8 Å². The van der Waals surface area contributed by atoms with Gasteiger partial charge in [0.05, 0.1) is 0 Å². The van der Waals surface area contributed by atoms with Crippen LogP contribution in [0.3, 0.4) is 0 Å². The molecule has 1 aliphatic rings. The van der Waals surface area contributed by atoms with Crippen LogP contribution in [0.25, 0.3) is 0 Å². The molecule has 0 saturated heterocycles. The van der Waals surface area contributed by atoms with E-state index >= 15 is 0 Å². The van der Waals surface area contributed by atoms with E-state index in [9.17, 15) is 9.59 Å². The SMILES string of the molecule is CCc1ccc(CCC(=O)NCCc2ccc(OCC(=O)NC3CC3)cc2)cc1. The van der Waals surface area contributed by atoms with E-state index in [4.69, 9.17) is 4.74 Å². The largest absolute Gasteiger partial charge is 0.484 e. The van der Waals surface area contributed by atoms with Crippen LogP contribution in [0.1, 0.15) is 42.9 Å². The maximum absolute atomic E-state index is 12.0. The molecule has 1 aliphatic carbocycles. The van der Waals surface area contributed by atoms with Crippen molar-refractivity contribution < 1.29 is 14.3 Å². The third-order valence-corrected chi connectivity index (χ3v) is 5.04. The second-order valence-electron chi connectivity index (χ2n) is 7.54. The molecule has 29 heavy (non-hydrogen) atoms. The van der Waals surface area contributed by atoms with Crippen molar-refractivity contribution in [1.29, 1.82) is 0 Å². The third-order valence-electron chi connectivity index (χ3n) is 5.04. The van der Waals surface area contributed by atoms with Gasteiger partial charge in [0.2, 0.25) is 5.91 Å². The van der Waals surface area contributed by atoms with Crippen molar-refractivity contribution >= 4 is 11.8 Å². The molecule has 0 spiro atoms. The van der Waals surface area contributed by atoms with Crippen LogP contribution in [0.5, 0.6) is 5.75 Å². The Hall–Kier alpha value is -2.82. The Labute approximate surface area is 172 Å². The smallest absolute Gasteiger partial charge is 0.258 e. The number of benzene rings is 2. The van der Waals surface area contributed by atoms with Crippen LogP contribution in [0.4, 0.5) is 0 Å². The Morgan fingerprint density at radius 3 is 2.17 bits per heavy atom. The van der Waals surface area contributed by atoms with Crippen LogP contribution < -0.4 is 15.4 Å². The summed E-state index contributed by atoms with van der Waals surface area (Å²) >= 11 is 0. The molecule has 0 atom stereocenters. The maximum Gasteiger partial charge on any atom is 0.258 e. The quantitative estimate of drug-likeness (QED) is 0.615. The number of aryl methyl sites for hydroxylation is 2. The first-order chi connectivity index (χ1) is 14.1. The summed E-state index contributed by atoms with van der Waals surface area (Å²) in [6.07, 6.45) is 5.20. The lowest BCUT2D eigenvalue weighted by Crippen LogP contribution is -2.30. The number of hydrogen-bond acceptors (Lipinski definition) is 3. The second kappa shape index (κ2) is 10.6. The van der Waals surface area contributed by atoms with E-state index in [-0.39, 0.29) is 18.4 Å². The van der Waals surface area contributed by atoms with Gasteiger partial charge in [0, 0.05) is 19.0 Å². The highest BCUT2D eigenvalue weighted by Gasteiger charge is 2.23. The molecule has 2 amide bonds. The standard InChI is InChI=1S/C24H30N2O3/c1-2-18-3-5-19(6-4-18)9-14-23(27)25-16-15-20-7-12-22(13-8-20)29-17-24(28)26-21-10-11-21/h3-8,12-13,21H,2,9-11,14-17H2,1H3,(H,25,27)(H,26,28). The molecule has 2 aromatic rings. The summed E-state index contributed by atoms with van der Waals surface area (Å²) in [6.45, 7) is 2.79. The van der Waals surface area contributed by atoms with Crippen LogP contribution >= 0.6 is 0 Å². The number of ether oxygens (including phenoxy) is 1. The number of nitrogens with one attached hydrogen (secondary N) is 2. The number of amides is 2. The molecule has 2 aromatic carbocycles. The van der Waals surface area contributed by atoms with E-state index in [0.717, 1.165) is 37.7 Å². The molecule has 1 saturated carbocycles. The minimum absolute atomic E-state index is 0.0487. The van der Waals surface area contributed by atoms with Crippen LogP contribution in [-0.2, 0) is 28.9 Å². The predicted octanol–water partition coefficient (Wildman–Crippen LogP) is 3.20. The monoisotopic (exact) mass is 394 g/mol. The lowest BCUT2D eigenvalue weighted by atomic mass is 10.1. The summed E-state index contributed by atoms with van der Waals surface area (Å²) in [5.74, 6) is 0.685. The van der Waals surface area contributed by atoms with E-state index in [1.54, 1.807) is 0 Å². The zero-order chi connectivity index (χ0) is 20.5. The van der Waals surface area contributed by atoms with Crippen molar-refractivity contribution in [3.05, 3.63) is 65.2 Å². The van der Waals surface area contributed by atoms with Gasteiger partial charge in [-0.25, -0.2) is 0 Å². The maximum atomic E-state index is 12.0. The zero-order valence-electron chi connectivity index (χ0n) is 17.1. The molecule has 3 rings (SSSR count). The molecule has 5 heteroatoms. The summed E-state index contributed by atoms with van der Waals surface area (Å²) in [5.41, 5.74) is 3.63. The number of rotatable bonds is 11. The Balaban J connectivity index is 1.30. The summed E-state index contributed by atoms with van der Waals surface area (Å²) in [6, 6.07) is 16.5. The van der Waals surface area contributed by atoms with Crippen molar-refractivity contribution in [3.63, 3.8) is 0 Å². The lowest BCUT2D eigenvalue weighted by molar-refractivity contribution is -0.123. The van der Waals surface area contributed by atoms with Crippen molar-refractivity contribution in [3.8, 4) is 5.75 Å². The minimum Gasteiger partial charge on any atom is -0.484 e. The molecule has 0 aliphatic heterocycles. The van der Waals surface area contributed by atoms with Crippen molar-refractivity contribution in [2.45, 2.75) is 51.5 Å². The van der Waals surface area contributed by atoms with Gasteiger partial charge in [0.1, 0.15) is 5.75 Å². The van der Waals surface area contributed by atoms with E-state index < -0.39 is 0 Å². The Morgan fingerprint density at radius 1 is 0.897 bits per heavy atom. The van der Waals surface area contributed by atoms with Gasteiger partial charge >= 0.3 is 0 Å². The molecular weight excluding hydrogens is 364 g/mol. The van der Waals surface area contributed by atoms with E-state index in [0.29, 0.717) is 24.8 Å². The van der Waals surface area contributed by atoms with Gasteiger partial charge in [-0.05, 0) is 60.9 Å². The predicted molar refractivity (Wildman–Crippen MR) is 114 cm³/mol. The molecule has 1 fully saturated rings. The molecule has 0 radical (unpaired) electrons. The van der Waals surface area contributed by atoms with E-state index in [1.165, 1.54) is 11.1 Å². The number of carbonyl (C=O) groups excluding carboxylic acids is 2. The van der Waals surface area contributed by atoms with Crippen LogP contribution in [-0.4, -0.2) is 31.0 Å². The summed E-state index contributed by atoms with van der Waals surface area (Å²) in [4.78, 5) is 23.7. The van der Waals surface area contributed by atoms with Crippen molar-refractivity contribution in [2.75, 3.05) is 13.2 Å². The van der Waals surface area contributed by atoms with E-state index in [1.807, 2.05) is 24.3 Å². The molecule has 2 N–H and O–H groups in total. The molecule has 0 aromatic heterocycles. The van der Waals surface area contributed by atoms with Gasteiger partial charge in [-0.2, -0.15) is 0 Å². The first kappa shape index (κ1) is 20.9. The van der Waals surface area contributed by atoms with Gasteiger partial charge in [-0.3, -0.25) is 9.59 Å². The number of hydrogen-bond donors (Lipinski definition) is 2. The summed E-state index contributed by atoms with van der Waals surface area (Å²) in [5, 5.41) is 5.88. The third kappa shape index (κ3) is 7.60. The summed E-state index contributed by atoms with van der Waals surface area (Å²) < 4.78 is 5.50. The zero-order valence-corrected chi connectivity index (χ0v) is 17.1. The normalized spacial score (nSPS) is 13.0. The van der Waals surface area contributed by atoms with Gasteiger partial charge in [-0.15, -0.1) is 0 Å². The molecule has 154 valence electrons. The molecule has 0 heterocycles. The average molecular weight is 395 g/mol. The Bertz CT molecular complexity index is 796. The molecule has 5 nitrogen and oxygen atoms in total. The lowest BCUT2D eigenvalue weighted by Gasteiger charge is -2.08. The Morgan fingerprint density at radius 2 is 1.52 bits per heavy atom. The van der Waals surface area contributed by atoms with Gasteiger partial charge in [0.15, 0.2) is 6.61 Å².